The lowest BCUT2D eigenvalue weighted by Crippen LogP contribution is -2.32. The molecule has 6 heteroatoms. The lowest BCUT2D eigenvalue weighted by molar-refractivity contribution is -0.116. The van der Waals surface area contributed by atoms with Crippen molar-refractivity contribution in [2.45, 2.75) is 51.3 Å². The molecule has 2 aromatic carbocycles. The smallest absolute Gasteiger partial charge is 0.264 e. The molecular weight excluding hydrogens is 372 g/mol. The van der Waals surface area contributed by atoms with Gasteiger partial charge in [-0.3, -0.25) is 9.10 Å². The molecule has 0 N–H and O–H groups in total. The van der Waals surface area contributed by atoms with E-state index in [1.54, 1.807) is 23.1 Å². The summed E-state index contributed by atoms with van der Waals surface area (Å²) in [6.45, 7) is 8.75. The number of amides is 1. The van der Waals surface area contributed by atoms with Gasteiger partial charge in [-0.2, -0.15) is 0 Å². The van der Waals surface area contributed by atoms with E-state index < -0.39 is 10.0 Å². The van der Waals surface area contributed by atoms with Gasteiger partial charge in [0.25, 0.3) is 10.0 Å². The number of benzene rings is 2. The molecule has 28 heavy (non-hydrogen) atoms. The Morgan fingerprint density at radius 3 is 2.39 bits per heavy atom. The molecule has 0 unspecified atom stereocenters. The van der Waals surface area contributed by atoms with Crippen LogP contribution in [0, 0.1) is 0 Å². The van der Waals surface area contributed by atoms with E-state index in [2.05, 4.69) is 13.8 Å². The second kappa shape index (κ2) is 7.95. The predicted octanol–water partition coefficient (Wildman–Crippen LogP) is 4.32. The van der Waals surface area contributed by atoms with Crippen LogP contribution in [0.15, 0.2) is 47.4 Å². The molecule has 0 radical (unpaired) electrons. The number of carbonyl (C=O) groups excluding carboxylic acids is 1. The molecule has 5 nitrogen and oxygen atoms in total. The van der Waals surface area contributed by atoms with Crippen molar-refractivity contribution in [3.05, 3.63) is 53.6 Å². The maximum absolute atomic E-state index is 13.4. The van der Waals surface area contributed by atoms with Crippen molar-refractivity contribution in [3.8, 4) is 0 Å². The second-order valence-electron chi connectivity index (χ2n) is 7.53. The summed E-state index contributed by atoms with van der Waals surface area (Å²) in [5.41, 5.74) is 3.58. The summed E-state index contributed by atoms with van der Waals surface area (Å²) in [7, 11) is -3.68. The first kappa shape index (κ1) is 20.4. The zero-order chi connectivity index (χ0) is 20.5. The molecule has 0 aromatic heterocycles. The molecule has 0 spiro atoms. The summed E-state index contributed by atoms with van der Waals surface area (Å²) in [5.74, 6) is 0.374. The normalized spacial score (nSPS) is 13.7. The third-order valence-corrected chi connectivity index (χ3v) is 7.01. The number of hydrogen-bond donors (Lipinski definition) is 0. The Hall–Kier alpha value is -2.34. The van der Waals surface area contributed by atoms with E-state index in [1.807, 2.05) is 31.2 Å². The van der Waals surface area contributed by atoms with Crippen molar-refractivity contribution in [3.63, 3.8) is 0 Å². The largest absolute Gasteiger partial charge is 0.312 e. The van der Waals surface area contributed by atoms with E-state index in [4.69, 9.17) is 0 Å². The monoisotopic (exact) mass is 400 g/mol. The van der Waals surface area contributed by atoms with Crippen LogP contribution in [-0.2, 0) is 21.2 Å². The summed E-state index contributed by atoms with van der Waals surface area (Å²) >= 11 is 0. The Kier molecular flexibility index (Phi) is 5.79. The average molecular weight is 401 g/mol. The Morgan fingerprint density at radius 1 is 1.14 bits per heavy atom. The van der Waals surface area contributed by atoms with Crippen LogP contribution < -0.4 is 9.21 Å². The zero-order valence-electron chi connectivity index (χ0n) is 17.0. The number of rotatable bonds is 6. The summed E-state index contributed by atoms with van der Waals surface area (Å²) in [5, 5.41) is 0. The molecule has 0 bridgehead atoms. The first-order chi connectivity index (χ1) is 13.3. The van der Waals surface area contributed by atoms with Gasteiger partial charge >= 0.3 is 0 Å². The maximum atomic E-state index is 13.4. The Labute approximate surface area is 168 Å². The first-order valence-corrected chi connectivity index (χ1v) is 11.2. The van der Waals surface area contributed by atoms with Crippen molar-refractivity contribution < 1.29 is 13.2 Å². The van der Waals surface area contributed by atoms with Crippen molar-refractivity contribution in [2.24, 2.45) is 0 Å². The summed E-state index contributed by atoms with van der Waals surface area (Å²) in [6, 6.07) is 12.8. The molecular formula is C22H28N2O3S. The van der Waals surface area contributed by atoms with Gasteiger partial charge in [0, 0.05) is 25.7 Å². The van der Waals surface area contributed by atoms with Crippen LogP contribution in [0.5, 0.6) is 0 Å². The number of anilines is 2. The minimum atomic E-state index is -3.68. The molecule has 1 heterocycles. The fourth-order valence-electron chi connectivity index (χ4n) is 3.61. The third-order valence-electron chi connectivity index (χ3n) is 5.19. The molecule has 150 valence electrons. The maximum Gasteiger partial charge on any atom is 0.264 e. The molecule has 3 rings (SSSR count). The zero-order valence-corrected chi connectivity index (χ0v) is 17.8. The Bertz CT molecular complexity index is 966. The van der Waals surface area contributed by atoms with Gasteiger partial charge in [0.05, 0.1) is 10.6 Å². The van der Waals surface area contributed by atoms with Crippen molar-refractivity contribution in [2.75, 3.05) is 22.3 Å². The lowest BCUT2D eigenvalue weighted by atomic mass is 10.0. The minimum absolute atomic E-state index is 0.0211. The van der Waals surface area contributed by atoms with E-state index in [1.165, 1.54) is 16.8 Å². The molecule has 0 atom stereocenters. The van der Waals surface area contributed by atoms with Crippen LogP contribution in [0.3, 0.4) is 0 Å². The van der Waals surface area contributed by atoms with Gasteiger partial charge in [-0.1, -0.05) is 32.9 Å². The average Bonchev–Trinajstić information content (AvgIpc) is 3.09. The SMILES string of the molecule is CCCN(c1ccc(C(C)C)cc1)S(=O)(=O)c1ccc2c(c1)CCN2C(C)=O. The fraction of sp³-hybridized carbons (Fsp3) is 0.409. The van der Waals surface area contributed by atoms with Crippen molar-refractivity contribution >= 4 is 27.3 Å². The standard InChI is InChI=1S/C22H28N2O3S/c1-5-13-24(20-8-6-18(7-9-20)16(2)3)28(26,27)21-10-11-22-19(15-21)12-14-23(22)17(4)25/h6-11,15-16H,5,12-14H2,1-4H3. The van der Waals surface area contributed by atoms with E-state index in [9.17, 15) is 13.2 Å². The van der Waals surface area contributed by atoms with Gasteiger partial charge in [-0.15, -0.1) is 0 Å². The Balaban J connectivity index is 1.98. The molecule has 0 aliphatic carbocycles. The summed E-state index contributed by atoms with van der Waals surface area (Å²) in [6.07, 6.45) is 1.39. The highest BCUT2D eigenvalue weighted by molar-refractivity contribution is 7.92. The highest BCUT2D eigenvalue weighted by Crippen LogP contribution is 2.32. The van der Waals surface area contributed by atoms with Crippen LogP contribution in [0.4, 0.5) is 11.4 Å². The van der Waals surface area contributed by atoms with E-state index in [0.29, 0.717) is 37.5 Å². The van der Waals surface area contributed by atoms with E-state index in [0.717, 1.165) is 11.3 Å². The minimum Gasteiger partial charge on any atom is -0.312 e. The fourth-order valence-corrected chi connectivity index (χ4v) is 5.22. The van der Waals surface area contributed by atoms with Crippen molar-refractivity contribution in [1.29, 1.82) is 0 Å². The van der Waals surface area contributed by atoms with Gasteiger partial charge < -0.3 is 4.90 Å². The Morgan fingerprint density at radius 2 is 1.82 bits per heavy atom. The molecule has 1 aliphatic rings. The van der Waals surface area contributed by atoms with Crippen LogP contribution >= 0.6 is 0 Å². The van der Waals surface area contributed by atoms with Gasteiger partial charge in [0.2, 0.25) is 5.91 Å². The summed E-state index contributed by atoms with van der Waals surface area (Å²) < 4.78 is 28.3. The molecule has 0 saturated heterocycles. The van der Waals surface area contributed by atoms with Gasteiger partial charge in [0.1, 0.15) is 0 Å². The predicted molar refractivity (Wildman–Crippen MR) is 114 cm³/mol. The highest BCUT2D eigenvalue weighted by atomic mass is 32.2. The van der Waals surface area contributed by atoms with Gasteiger partial charge in [0.15, 0.2) is 0 Å². The molecule has 0 fully saturated rings. The van der Waals surface area contributed by atoms with Crippen LogP contribution in [0.1, 0.15) is 51.2 Å². The van der Waals surface area contributed by atoms with Crippen LogP contribution in [0.25, 0.3) is 0 Å². The van der Waals surface area contributed by atoms with E-state index >= 15 is 0 Å². The topological polar surface area (TPSA) is 57.7 Å². The van der Waals surface area contributed by atoms with Crippen LogP contribution in [-0.4, -0.2) is 27.4 Å². The second-order valence-corrected chi connectivity index (χ2v) is 9.40. The number of carbonyl (C=O) groups is 1. The molecule has 0 saturated carbocycles. The molecule has 1 amide bonds. The number of sulfonamides is 1. The van der Waals surface area contributed by atoms with Gasteiger partial charge in [-0.25, -0.2) is 8.42 Å². The summed E-state index contributed by atoms with van der Waals surface area (Å²) in [4.78, 5) is 13.7. The number of hydrogen-bond acceptors (Lipinski definition) is 3. The quantitative estimate of drug-likeness (QED) is 0.725. The van der Waals surface area contributed by atoms with Gasteiger partial charge in [-0.05, 0) is 60.2 Å². The third kappa shape index (κ3) is 3.78. The highest BCUT2D eigenvalue weighted by Gasteiger charge is 2.28. The van der Waals surface area contributed by atoms with E-state index in [-0.39, 0.29) is 10.8 Å². The lowest BCUT2D eigenvalue weighted by Gasteiger charge is -2.25. The molecule has 2 aromatic rings. The van der Waals surface area contributed by atoms with Crippen LogP contribution in [0.2, 0.25) is 0 Å². The molecule has 1 aliphatic heterocycles. The van der Waals surface area contributed by atoms with Crippen molar-refractivity contribution in [1.82, 2.24) is 0 Å². The first-order valence-electron chi connectivity index (χ1n) is 9.79. The number of nitrogens with zero attached hydrogens (tertiary/aromatic N) is 2. The number of fused-ring (bicyclic) bond motifs is 1.